The molecule has 0 N–H and O–H groups in total. The summed E-state index contributed by atoms with van der Waals surface area (Å²) >= 11 is 3.17. The fourth-order valence-corrected chi connectivity index (χ4v) is 1.60. The maximum absolute atomic E-state index is 11.7. The highest BCUT2D eigenvalue weighted by Gasteiger charge is 2.14. The molecule has 1 aromatic carbocycles. The Hall–Kier alpha value is -1.36. The van der Waals surface area contributed by atoms with Gasteiger partial charge in [-0.25, -0.2) is 4.79 Å². The second kappa shape index (κ2) is 7.87. The number of halogens is 1. The van der Waals surface area contributed by atoms with E-state index in [0.29, 0.717) is 29.7 Å². The Labute approximate surface area is 114 Å². The molecule has 0 atom stereocenters. The summed E-state index contributed by atoms with van der Waals surface area (Å²) in [4.78, 5) is 23.2. The molecule has 18 heavy (non-hydrogen) atoms. The van der Waals surface area contributed by atoms with Gasteiger partial charge in [-0.05, 0) is 18.6 Å². The molecule has 0 unspecified atom stereocenters. The molecule has 0 fully saturated rings. The summed E-state index contributed by atoms with van der Waals surface area (Å²) in [5, 5.41) is 0.595. The predicted octanol–water partition coefficient (Wildman–Crippen LogP) is 2.34. The van der Waals surface area contributed by atoms with Gasteiger partial charge >= 0.3 is 11.9 Å². The third-order valence-electron chi connectivity index (χ3n) is 2.19. The van der Waals surface area contributed by atoms with E-state index in [-0.39, 0.29) is 12.4 Å². The van der Waals surface area contributed by atoms with Crippen molar-refractivity contribution in [1.82, 2.24) is 0 Å². The average Bonchev–Trinajstić information content (AvgIpc) is 2.37. The van der Waals surface area contributed by atoms with Crippen LogP contribution in [0.5, 0.6) is 0 Å². The number of carbonyl (C=O) groups is 2. The van der Waals surface area contributed by atoms with E-state index in [1.807, 2.05) is 0 Å². The van der Waals surface area contributed by atoms with Crippen molar-refractivity contribution >= 4 is 27.9 Å². The SMILES string of the molecule is CCOC(=O)c1ccccc1CC(=O)OCCBr. The van der Waals surface area contributed by atoms with E-state index in [9.17, 15) is 9.59 Å². The molecule has 1 aromatic rings. The highest BCUT2D eigenvalue weighted by molar-refractivity contribution is 9.09. The third kappa shape index (κ3) is 4.49. The van der Waals surface area contributed by atoms with Gasteiger partial charge < -0.3 is 9.47 Å². The second-order valence-electron chi connectivity index (χ2n) is 3.46. The second-order valence-corrected chi connectivity index (χ2v) is 4.26. The van der Waals surface area contributed by atoms with Crippen molar-refractivity contribution in [3.63, 3.8) is 0 Å². The summed E-state index contributed by atoms with van der Waals surface area (Å²) in [6.45, 7) is 2.37. The van der Waals surface area contributed by atoms with Gasteiger partial charge in [0.1, 0.15) is 6.61 Å². The molecule has 0 radical (unpaired) electrons. The molecule has 0 heterocycles. The first kappa shape index (κ1) is 14.7. The van der Waals surface area contributed by atoms with Crippen LogP contribution in [0.3, 0.4) is 0 Å². The zero-order valence-corrected chi connectivity index (χ0v) is 11.7. The van der Waals surface area contributed by atoms with Crippen LogP contribution in [0.2, 0.25) is 0 Å². The Morgan fingerprint density at radius 3 is 2.61 bits per heavy atom. The molecule has 0 aromatic heterocycles. The normalized spacial score (nSPS) is 9.89. The number of hydrogen-bond acceptors (Lipinski definition) is 4. The van der Waals surface area contributed by atoms with E-state index in [4.69, 9.17) is 9.47 Å². The fraction of sp³-hybridized carbons (Fsp3) is 0.385. The first-order valence-corrected chi connectivity index (χ1v) is 6.77. The molecule has 0 aliphatic carbocycles. The Kier molecular flexibility index (Phi) is 6.43. The molecule has 0 amide bonds. The predicted molar refractivity (Wildman–Crippen MR) is 70.9 cm³/mol. The smallest absolute Gasteiger partial charge is 0.338 e. The molecule has 0 aliphatic heterocycles. The van der Waals surface area contributed by atoms with Crippen LogP contribution >= 0.6 is 15.9 Å². The monoisotopic (exact) mass is 314 g/mol. The van der Waals surface area contributed by atoms with E-state index >= 15 is 0 Å². The maximum Gasteiger partial charge on any atom is 0.338 e. The quantitative estimate of drug-likeness (QED) is 0.597. The Morgan fingerprint density at radius 1 is 1.22 bits per heavy atom. The van der Waals surface area contributed by atoms with Crippen molar-refractivity contribution < 1.29 is 19.1 Å². The molecular weight excluding hydrogens is 300 g/mol. The van der Waals surface area contributed by atoms with Crippen LogP contribution in [0.4, 0.5) is 0 Å². The molecule has 5 heteroatoms. The number of hydrogen-bond donors (Lipinski definition) is 0. The van der Waals surface area contributed by atoms with E-state index < -0.39 is 5.97 Å². The van der Waals surface area contributed by atoms with Gasteiger partial charge in [-0.2, -0.15) is 0 Å². The Balaban J connectivity index is 2.76. The van der Waals surface area contributed by atoms with Crippen LogP contribution in [0.15, 0.2) is 24.3 Å². The highest BCUT2D eigenvalue weighted by atomic mass is 79.9. The molecular formula is C13H15BrO4. The van der Waals surface area contributed by atoms with Gasteiger partial charge in [-0.3, -0.25) is 4.79 Å². The van der Waals surface area contributed by atoms with E-state index in [1.54, 1.807) is 31.2 Å². The van der Waals surface area contributed by atoms with Crippen LogP contribution in [-0.4, -0.2) is 30.5 Å². The summed E-state index contributed by atoms with van der Waals surface area (Å²) in [5.41, 5.74) is 1.03. The summed E-state index contributed by atoms with van der Waals surface area (Å²) in [7, 11) is 0. The summed E-state index contributed by atoms with van der Waals surface area (Å²) < 4.78 is 9.88. The number of rotatable bonds is 6. The van der Waals surface area contributed by atoms with Gasteiger partial charge in [0, 0.05) is 5.33 Å². The topological polar surface area (TPSA) is 52.6 Å². The van der Waals surface area contributed by atoms with Gasteiger partial charge in [0.2, 0.25) is 0 Å². The van der Waals surface area contributed by atoms with Gasteiger partial charge in [-0.1, -0.05) is 34.1 Å². The lowest BCUT2D eigenvalue weighted by Crippen LogP contribution is -2.14. The molecule has 0 saturated heterocycles. The zero-order valence-electron chi connectivity index (χ0n) is 10.1. The number of benzene rings is 1. The first-order chi connectivity index (χ1) is 8.69. The molecule has 0 spiro atoms. The van der Waals surface area contributed by atoms with Crippen LogP contribution in [0.25, 0.3) is 0 Å². The van der Waals surface area contributed by atoms with Crippen molar-refractivity contribution in [2.45, 2.75) is 13.3 Å². The molecule has 1 rings (SSSR count). The number of esters is 2. The zero-order chi connectivity index (χ0) is 13.4. The largest absolute Gasteiger partial charge is 0.465 e. The van der Waals surface area contributed by atoms with E-state index in [1.165, 1.54) is 0 Å². The van der Waals surface area contributed by atoms with Crippen LogP contribution in [0.1, 0.15) is 22.8 Å². The first-order valence-electron chi connectivity index (χ1n) is 5.65. The molecule has 0 bridgehead atoms. The van der Waals surface area contributed by atoms with Gasteiger partial charge in [0.05, 0.1) is 18.6 Å². The van der Waals surface area contributed by atoms with Crippen LogP contribution < -0.4 is 0 Å². The lowest BCUT2D eigenvalue weighted by Gasteiger charge is -2.08. The van der Waals surface area contributed by atoms with E-state index in [0.717, 1.165) is 0 Å². The van der Waals surface area contributed by atoms with Gasteiger partial charge in [0.25, 0.3) is 0 Å². The van der Waals surface area contributed by atoms with E-state index in [2.05, 4.69) is 15.9 Å². The summed E-state index contributed by atoms with van der Waals surface area (Å²) in [5.74, 6) is -0.771. The number of carbonyl (C=O) groups excluding carboxylic acids is 2. The highest BCUT2D eigenvalue weighted by Crippen LogP contribution is 2.12. The Bertz CT molecular complexity index is 417. The minimum atomic E-state index is -0.415. The Morgan fingerprint density at radius 2 is 1.94 bits per heavy atom. The summed E-state index contributed by atoms with van der Waals surface area (Å²) in [6.07, 6.45) is 0.0714. The molecule has 98 valence electrons. The molecule has 0 saturated carbocycles. The molecule has 0 aliphatic rings. The van der Waals surface area contributed by atoms with Gasteiger partial charge in [-0.15, -0.1) is 0 Å². The number of alkyl halides is 1. The maximum atomic E-state index is 11.7. The third-order valence-corrected chi connectivity index (χ3v) is 2.51. The van der Waals surface area contributed by atoms with Crippen LogP contribution in [-0.2, 0) is 20.7 Å². The lowest BCUT2D eigenvalue weighted by molar-refractivity contribution is -0.142. The minimum absolute atomic E-state index is 0.0714. The van der Waals surface area contributed by atoms with Crippen molar-refractivity contribution in [2.75, 3.05) is 18.5 Å². The van der Waals surface area contributed by atoms with Crippen molar-refractivity contribution in [3.8, 4) is 0 Å². The average molecular weight is 315 g/mol. The van der Waals surface area contributed by atoms with Crippen molar-refractivity contribution in [2.24, 2.45) is 0 Å². The summed E-state index contributed by atoms with van der Waals surface area (Å²) in [6, 6.07) is 6.88. The van der Waals surface area contributed by atoms with Crippen LogP contribution in [0, 0.1) is 0 Å². The van der Waals surface area contributed by atoms with Crippen molar-refractivity contribution in [1.29, 1.82) is 0 Å². The van der Waals surface area contributed by atoms with Crippen molar-refractivity contribution in [3.05, 3.63) is 35.4 Å². The minimum Gasteiger partial charge on any atom is -0.465 e. The van der Waals surface area contributed by atoms with Gasteiger partial charge in [0.15, 0.2) is 0 Å². The number of ether oxygens (including phenoxy) is 2. The fourth-order valence-electron chi connectivity index (χ4n) is 1.44. The lowest BCUT2D eigenvalue weighted by atomic mass is 10.0. The standard InChI is InChI=1S/C13H15BrO4/c1-2-17-13(16)11-6-4-3-5-10(11)9-12(15)18-8-7-14/h3-6H,2,7-9H2,1H3. The molecule has 4 nitrogen and oxygen atoms in total.